The first-order valence-corrected chi connectivity index (χ1v) is 5.90. The summed E-state index contributed by atoms with van der Waals surface area (Å²) in [5, 5.41) is 1.18. The van der Waals surface area contributed by atoms with Crippen molar-refractivity contribution in [3.63, 3.8) is 0 Å². The molecule has 0 fully saturated rings. The van der Waals surface area contributed by atoms with Gasteiger partial charge in [0.25, 0.3) is 0 Å². The number of hydrogen-bond acceptors (Lipinski definition) is 1. The van der Waals surface area contributed by atoms with Gasteiger partial charge in [-0.3, -0.25) is 0 Å². The lowest BCUT2D eigenvalue weighted by Crippen LogP contribution is -2.03. The lowest BCUT2D eigenvalue weighted by Gasteiger charge is -2.07. The van der Waals surface area contributed by atoms with Crippen LogP contribution in [0.4, 0.5) is 0 Å². The van der Waals surface area contributed by atoms with Crippen molar-refractivity contribution in [1.29, 1.82) is 0 Å². The molecule has 0 aliphatic rings. The Balaban J connectivity index is 2.24. The number of nitrogens with zero attached hydrogens (tertiary/aromatic N) is 2. The fourth-order valence-electron chi connectivity index (χ4n) is 1.63. The summed E-state index contributed by atoms with van der Waals surface area (Å²) < 4.78 is 2.11. The van der Waals surface area contributed by atoms with Gasteiger partial charge in [-0.1, -0.05) is 36.2 Å². The van der Waals surface area contributed by atoms with E-state index >= 15 is 0 Å². The fraction of sp³-hybridized carbons (Fsp3) is 0.250. The summed E-state index contributed by atoms with van der Waals surface area (Å²) in [6.07, 6.45) is 4.71. The van der Waals surface area contributed by atoms with Crippen LogP contribution in [0.5, 0.6) is 0 Å². The largest absolute Gasteiger partial charge is 0.331 e. The highest BCUT2D eigenvalue weighted by Gasteiger charge is 2.03. The van der Waals surface area contributed by atoms with Crippen LogP contribution in [0.25, 0.3) is 0 Å². The van der Waals surface area contributed by atoms with Crippen LogP contribution in [0.3, 0.4) is 0 Å². The second-order valence-electron chi connectivity index (χ2n) is 3.57. The van der Waals surface area contributed by atoms with E-state index in [9.17, 15) is 0 Å². The summed E-state index contributed by atoms with van der Waals surface area (Å²) in [7, 11) is 0. The van der Waals surface area contributed by atoms with E-state index < -0.39 is 0 Å². The summed E-state index contributed by atoms with van der Waals surface area (Å²) in [4.78, 5) is 4.27. The van der Waals surface area contributed by atoms with Gasteiger partial charge in [0.05, 0.1) is 10.0 Å². The van der Waals surface area contributed by atoms with Crippen molar-refractivity contribution < 1.29 is 0 Å². The van der Waals surface area contributed by atoms with E-state index in [2.05, 4.69) is 16.5 Å². The maximum Gasteiger partial charge on any atom is 0.108 e. The van der Waals surface area contributed by atoms with Crippen molar-refractivity contribution in [2.45, 2.75) is 19.9 Å². The molecule has 0 spiro atoms. The Morgan fingerprint density at radius 2 is 2.06 bits per heavy atom. The molecule has 1 aromatic heterocycles. The van der Waals surface area contributed by atoms with Crippen LogP contribution in [0.1, 0.15) is 18.3 Å². The van der Waals surface area contributed by atoms with Crippen LogP contribution < -0.4 is 0 Å². The number of hydrogen-bond donors (Lipinski definition) is 0. The van der Waals surface area contributed by atoms with Crippen LogP contribution in [0.15, 0.2) is 30.6 Å². The van der Waals surface area contributed by atoms with Gasteiger partial charge in [0.2, 0.25) is 0 Å². The first-order valence-electron chi connectivity index (χ1n) is 5.14. The lowest BCUT2D eigenvalue weighted by molar-refractivity contribution is 0.732. The van der Waals surface area contributed by atoms with Crippen LogP contribution in [-0.4, -0.2) is 9.55 Å². The summed E-state index contributed by atoms with van der Waals surface area (Å²) in [6.45, 7) is 2.87. The van der Waals surface area contributed by atoms with E-state index in [-0.39, 0.29) is 0 Å². The summed E-state index contributed by atoms with van der Waals surface area (Å²) in [6, 6.07) is 5.69. The van der Waals surface area contributed by atoms with Crippen LogP contribution in [-0.2, 0) is 13.0 Å². The Bertz CT molecular complexity index is 492. The minimum atomic E-state index is 0.590. The standard InChI is InChI=1S/C12H12Cl2N2/c1-2-12-15-5-6-16(12)8-9-3-4-10(13)11(14)7-9/h3-7H,2,8H2,1H3. The van der Waals surface area contributed by atoms with Gasteiger partial charge in [-0.25, -0.2) is 4.98 Å². The molecule has 0 aliphatic carbocycles. The van der Waals surface area contributed by atoms with E-state index in [1.807, 2.05) is 30.6 Å². The molecular weight excluding hydrogens is 243 g/mol. The van der Waals surface area contributed by atoms with Crippen molar-refractivity contribution in [3.05, 3.63) is 52.0 Å². The maximum atomic E-state index is 5.97. The highest BCUT2D eigenvalue weighted by molar-refractivity contribution is 6.42. The molecule has 0 amide bonds. The second-order valence-corrected chi connectivity index (χ2v) is 4.39. The zero-order valence-electron chi connectivity index (χ0n) is 8.95. The molecule has 2 rings (SSSR count). The monoisotopic (exact) mass is 254 g/mol. The number of imidazole rings is 1. The Morgan fingerprint density at radius 3 is 2.75 bits per heavy atom. The van der Waals surface area contributed by atoms with Crippen LogP contribution in [0, 0.1) is 0 Å². The van der Waals surface area contributed by atoms with Gasteiger partial charge in [-0.05, 0) is 17.7 Å². The number of aromatic nitrogens is 2. The number of rotatable bonds is 3. The van der Waals surface area contributed by atoms with Crippen molar-refractivity contribution in [3.8, 4) is 0 Å². The summed E-state index contributed by atoms with van der Waals surface area (Å²) in [5.41, 5.74) is 1.13. The smallest absolute Gasteiger partial charge is 0.108 e. The number of benzene rings is 1. The lowest BCUT2D eigenvalue weighted by atomic mass is 10.2. The van der Waals surface area contributed by atoms with Crippen LogP contribution in [0.2, 0.25) is 10.0 Å². The predicted octanol–water partition coefficient (Wildman–Crippen LogP) is 3.80. The molecular formula is C12H12Cl2N2. The molecule has 0 atom stereocenters. The zero-order chi connectivity index (χ0) is 11.5. The van der Waals surface area contributed by atoms with Gasteiger partial charge in [0.15, 0.2) is 0 Å². The first kappa shape index (κ1) is 11.5. The molecule has 1 aromatic carbocycles. The Morgan fingerprint density at radius 1 is 1.25 bits per heavy atom. The Hall–Kier alpha value is -0.990. The number of halogens is 2. The molecule has 0 saturated carbocycles. The minimum Gasteiger partial charge on any atom is -0.331 e. The normalized spacial score (nSPS) is 10.7. The topological polar surface area (TPSA) is 17.8 Å². The van der Waals surface area contributed by atoms with Crippen molar-refractivity contribution in [2.24, 2.45) is 0 Å². The average Bonchev–Trinajstić information content (AvgIpc) is 2.71. The van der Waals surface area contributed by atoms with Gasteiger partial charge in [0.1, 0.15) is 5.82 Å². The number of aryl methyl sites for hydroxylation is 1. The Kier molecular flexibility index (Phi) is 3.52. The van der Waals surface area contributed by atoms with Crippen molar-refractivity contribution >= 4 is 23.2 Å². The molecule has 4 heteroatoms. The molecule has 2 aromatic rings. The fourth-order valence-corrected chi connectivity index (χ4v) is 1.95. The van der Waals surface area contributed by atoms with Gasteiger partial charge < -0.3 is 4.57 Å². The molecule has 0 N–H and O–H groups in total. The van der Waals surface area contributed by atoms with Gasteiger partial charge >= 0.3 is 0 Å². The molecule has 0 saturated heterocycles. The second kappa shape index (κ2) is 4.89. The molecule has 0 aliphatic heterocycles. The molecule has 16 heavy (non-hydrogen) atoms. The molecule has 0 bridgehead atoms. The highest BCUT2D eigenvalue weighted by Crippen LogP contribution is 2.23. The summed E-state index contributed by atoms with van der Waals surface area (Å²) in [5.74, 6) is 1.08. The molecule has 1 heterocycles. The van der Waals surface area contributed by atoms with Crippen LogP contribution >= 0.6 is 23.2 Å². The van der Waals surface area contributed by atoms with E-state index in [1.54, 1.807) is 0 Å². The van der Waals surface area contributed by atoms with E-state index in [1.165, 1.54) is 0 Å². The zero-order valence-corrected chi connectivity index (χ0v) is 10.5. The SMILES string of the molecule is CCc1nccn1Cc1ccc(Cl)c(Cl)c1. The van der Waals surface area contributed by atoms with E-state index in [0.29, 0.717) is 10.0 Å². The quantitative estimate of drug-likeness (QED) is 0.815. The first-order chi connectivity index (χ1) is 7.70. The van der Waals surface area contributed by atoms with Gasteiger partial charge in [-0.2, -0.15) is 0 Å². The third-order valence-corrected chi connectivity index (χ3v) is 3.19. The van der Waals surface area contributed by atoms with Crippen molar-refractivity contribution in [1.82, 2.24) is 9.55 Å². The van der Waals surface area contributed by atoms with Gasteiger partial charge in [0, 0.05) is 25.4 Å². The minimum absolute atomic E-state index is 0.590. The molecule has 84 valence electrons. The molecule has 2 nitrogen and oxygen atoms in total. The molecule has 0 unspecified atom stereocenters. The highest BCUT2D eigenvalue weighted by atomic mass is 35.5. The average molecular weight is 255 g/mol. The third kappa shape index (κ3) is 2.39. The van der Waals surface area contributed by atoms with Crippen molar-refractivity contribution in [2.75, 3.05) is 0 Å². The molecule has 0 radical (unpaired) electrons. The summed E-state index contributed by atoms with van der Waals surface area (Å²) >= 11 is 11.8. The van der Waals surface area contributed by atoms with E-state index in [0.717, 1.165) is 24.4 Å². The predicted molar refractivity (Wildman–Crippen MR) is 67.2 cm³/mol. The third-order valence-electron chi connectivity index (χ3n) is 2.45. The van der Waals surface area contributed by atoms with Gasteiger partial charge in [-0.15, -0.1) is 0 Å². The van der Waals surface area contributed by atoms with E-state index in [4.69, 9.17) is 23.2 Å². The Labute approximate surface area is 105 Å². The maximum absolute atomic E-state index is 5.97.